The molecule has 0 spiro atoms. The van der Waals surface area contributed by atoms with Gasteiger partial charge in [0.15, 0.2) is 0 Å². The summed E-state index contributed by atoms with van der Waals surface area (Å²) in [6.45, 7) is 4.93. The van der Waals surface area contributed by atoms with Crippen LogP contribution in [0.1, 0.15) is 49.3 Å². The molecule has 0 saturated heterocycles. The van der Waals surface area contributed by atoms with Crippen LogP contribution in [-0.2, 0) is 17.8 Å². The molecule has 3 N–H and O–H groups in total. The highest BCUT2D eigenvalue weighted by molar-refractivity contribution is 7.11. The Labute approximate surface area is 119 Å². The number of hydrogen-bond acceptors (Lipinski definition) is 3. The molecule has 0 aromatic carbocycles. The molecule has 2 unspecified atom stereocenters. The highest BCUT2D eigenvalue weighted by Gasteiger charge is 2.37. The highest BCUT2D eigenvalue weighted by atomic mass is 32.1. The maximum atomic E-state index is 12.3. The van der Waals surface area contributed by atoms with Gasteiger partial charge >= 0.3 is 0 Å². The van der Waals surface area contributed by atoms with Crippen molar-refractivity contribution in [1.29, 1.82) is 0 Å². The van der Waals surface area contributed by atoms with Gasteiger partial charge in [-0.15, -0.1) is 11.3 Å². The van der Waals surface area contributed by atoms with Crippen LogP contribution in [0.5, 0.6) is 0 Å². The summed E-state index contributed by atoms with van der Waals surface area (Å²) in [5, 5.41) is 3.01. The Balaban J connectivity index is 1.89. The third-order valence-electron chi connectivity index (χ3n) is 3.97. The number of nitrogens with two attached hydrogens (primary N) is 1. The SMILES string of the molecule is CCc1ccc(CNC(=O)C2(N)CCCC(C)C2)s1. The van der Waals surface area contributed by atoms with Gasteiger partial charge < -0.3 is 11.1 Å². The van der Waals surface area contributed by atoms with Crippen molar-refractivity contribution >= 4 is 17.2 Å². The molecule has 0 radical (unpaired) electrons. The molecule has 1 heterocycles. The summed E-state index contributed by atoms with van der Waals surface area (Å²) in [6.07, 6.45) is 4.93. The largest absolute Gasteiger partial charge is 0.350 e. The zero-order valence-electron chi connectivity index (χ0n) is 11.9. The van der Waals surface area contributed by atoms with Crippen LogP contribution in [0.15, 0.2) is 12.1 Å². The minimum atomic E-state index is -0.650. The fourth-order valence-corrected chi connectivity index (χ4v) is 3.75. The van der Waals surface area contributed by atoms with Crippen LogP contribution in [0.2, 0.25) is 0 Å². The lowest BCUT2D eigenvalue weighted by atomic mass is 9.76. The first-order valence-electron chi connectivity index (χ1n) is 7.18. The van der Waals surface area contributed by atoms with Crippen LogP contribution in [0.4, 0.5) is 0 Å². The minimum Gasteiger partial charge on any atom is -0.350 e. The highest BCUT2D eigenvalue weighted by Crippen LogP contribution is 2.30. The van der Waals surface area contributed by atoms with E-state index in [4.69, 9.17) is 5.73 Å². The van der Waals surface area contributed by atoms with E-state index in [1.807, 2.05) is 0 Å². The molecule has 2 rings (SSSR count). The molecule has 1 aliphatic rings. The predicted octanol–water partition coefficient (Wildman–Crippen LogP) is 2.83. The van der Waals surface area contributed by atoms with E-state index in [0.717, 1.165) is 25.7 Å². The van der Waals surface area contributed by atoms with Gasteiger partial charge in [0, 0.05) is 9.75 Å². The summed E-state index contributed by atoms with van der Waals surface area (Å²) in [4.78, 5) is 14.8. The van der Waals surface area contributed by atoms with Crippen molar-refractivity contribution < 1.29 is 4.79 Å². The molecule has 1 saturated carbocycles. The molecule has 4 heteroatoms. The fourth-order valence-electron chi connectivity index (χ4n) is 2.85. The van der Waals surface area contributed by atoms with Crippen molar-refractivity contribution in [3.63, 3.8) is 0 Å². The molecular formula is C15H24N2OS. The van der Waals surface area contributed by atoms with Gasteiger partial charge in [0.25, 0.3) is 0 Å². The van der Waals surface area contributed by atoms with Gasteiger partial charge in [0.2, 0.25) is 5.91 Å². The van der Waals surface area contributed by atoms with Crippen LogP contribution in [0.25, 0.3) is 0 Å². The molecule has 1 amide bonds. The number of carbonyl (C=O) groups is 1. The van der Waals surface area contributed by atoms with Gasteiger partial charge in [-0.3, -0.25) is 4.79 Å². The molecule has 0 aliphatic heterocycles. The molecule has 1 fully saturated rings. The lowest BCUT2D eigenvalue weighted by Crippen LogP contribution is -2.56. The number of amides is 1. The van der Waals surface area contributed by atoms with E-state index in [0.29, 0.717) is 12.5 Å². The van der Waals surface area contributed by atoms with Gasteiger partial charge in [0.05, 0.1) is 12.1 Å². The average Bonchev–Trinajstić information content (AvgIpc) is 2.83. The lowest BCUT2D eigenvalue weighted by Gasteiger charge is -2.35. The Morgan fingerprint density at radius 1 is 1.53 bits per heavy atom. The van der Waals surface area contributed by atoms with Crippen molar-refractivity contribution in [2.45, 2.75) is 58.0 Å². The maximum absolute atomic E-state index is 12.3. The second-order valence-electron chi connectivity index (χ2n) is 5.76. The Bertz CT molecular complexity index is 443. The van der Waals surface area contributed by atoms with E-state index in [9.17, 15) is 4.79 Å². The van der Waals surface area contributed by atoms with Gasteiger partial charge in [-0.1, -0.05) is 26.7 Å². The lowest BCUT2D eigenvalue weighted by molar-refractivity contribution is -0.128. The Hall–Kier alpha value is -0.870. The van der Waals surface area contributed by atoms with E-state index < -0.39 is 5.54 Å². The second-order valence-corrected chi connectivity index (χ2v) is 7.01. The Kier molecular flexibility index (Phi) is 4.63. The summed E-state index contributed by atoms with van der Waals surface area (Å²) in [5.41, 5.74) is 5.63. The molecule has 3 nitrogen and oxygen atoms in total. The summed E-state index contributed by atoms with van der Waals surface area (Å²) >= 11 is 1.77. The first-order valence-corrected chi connectivity index (χ1v) is 8.00. The topological polar surface area (TPSA) is 55.1 Å². The third-order valence-corrected chi connectivity index (χ3v) is 5.20. The van der Waals surface area contributed by atoms with E-state index in [1.54, 1.807) is 11.3 Å². The van der Waals surface area contributed by atoms with Crippen molar-refractivity contribution in [3.8, 4) is 0 Å². The first-order chi connectivity index (χ1) is 9.03. The van der Waals surface area contributed by atoms with Crippen LogP contribution in [0.3, 0.4) is 0 Å². The molecular weight excluding hydrogens is 256 g/mol. The van der Waals surface area contributed by atoms with Crippen LogP contribution in [-0.4, -0.2) is 11.4 Å². The zero-order chi connectivity index (χ0) is 13.9. The molecule has 1 aromatic heterocycles. The molecule has 106 valence electrons. The molecule has 1 aliphatic carbocycles. The van der Waals surface area contributed by atoms with Crippen molar-refractivity contribution in [1.82, 2.24) is 5.32 Å². The third kappa shape index (κ3) is 3.57. The fraction of sp³-hybridized carbons (Fsp3) is 0.667. The summed E-state index contributed by atoms with van der Waals surface area (Å²) in [6, 6.07) is 4.23. The van der Waals surface area contributed by atoms with Gasteiger partial charge in [-0.25, -0.2) is 0 Å². The zero-order valence-corrected chi connectivity index (χ0v) is 12.7. The molecule has 1 aromatic rings. The molecule has 0 bridgehead atoms. The van der Waals surface area contributed by atoms with Gasteiger partial charge in [0.1, 0.15) is 0 Å². The summed E-state index contributed by atoms with van der Waals surface area (Å²) in [5.74, 6) is 0.573. The average molecular weight is 280 g/mol. The number of nitrogens with one attached hydrogen (secondary N) is 1. The number of rotatable bonds is 4. The number of aryl methyl sites for hydroxylation is 1. The normalized spacial score (nSPS) is 27.2. The first kappa shape index (κ1) is 14.5. The minimum absolute atomic E-state index is 0.0190. The molecule has 2 atom stereocenters. The Morgan fingerprint density at radius 2 is 2.26 bits per heavy atom. The van der Waals surface area contributed by atoms with Crippen LogP contribution in [0, 0.1) is 5.92 Å². The van der Waals surface area contributed by atoms with E-state index in [2.05, 4.69) is 31.3 Å². The van der Waals surface area contributed by atoms with Crippen LogP contribution >= 0.6 is 11.3 Å². The molecule has 19 heavy (non-hydrogen) atoms. The quantitative estimate of drug-likeness (QED) is 0.891. The van der Waals surface area contributed by atoms with Crippen molar-refractivity contribution in [2.75, 3.05) is 0 Å². The second kappa shape index (κ2) is 6.06. The van der Waals surface area contributed by atoms with Gasteiger partial charge in [-0.05, 0) is 37.3 Å². The predicted molar refractivity (Wildman–Crippen MR) is 80.1 cm³/mol. The smallest absolute Gasteiger partial charge is 0.240 e. The van der Waals surface area contributed by atoms with Crippen molar-refractivity contribution in [3.05, 3.63) is 21.9 Å². The van der Waals surface area contributed by atoms with Crippen LogP contribution < -0.4 is 11.1 Å². The number of thiophene rings is 1. The summed E-state index contributed by atoms with van der Waals surface area (Å²) in [7, 11) is 0. The maximum Gasteiger partial charge on any atom is 0.240 e. The number of hydrogen-bond donors (Lipinski definition) is 2. The van der Waals surface area contributed by atoms with E-state index >= 15 is 0 Å². The van der Waals surface area contributed by atoms with E-state index in [-0.39, 0.29) is 5.91 Å². The monoisotopic (exact) mass is 280 g/mol. The van der Waals surface area contributed by atoms with E-state index in [1.165, 1.54) is 16.2 Å². The van der Waals surface area contributed by atoms with Gasteiger partial charge in [-0.2, -0.15) is 0 Å². The standard InChI is InChI=1S/C15H24N2OS/c1-3-12-6-7-13(19-12)10-17-14(18)15(16)8-4-5-11(2)9-15/h6-7,11H,3-5,8-10,16H2,1-2H3,(H,17,18). The van der Waals surface area contributed by atoms with Crippen molar-refractivity contribution in [2.24, 2.45) is 11.7 Å². The summed E-state index contributed by atoms with van der Waals surface area (Å²) < 4.78 is 0. The Morgan fingerprint density at radius 3 is 2.89 bits per heavy atom. The number of carbonyl (C=O) groups excluding carboxylic acids is 1.